The average Bonchev–Trinajstić information content (AvgIpc) is 2.78. The third-order valence-corrected chi connectivity index (χ3v) is 3.19. The molecule has 0 bridgehead atoms. The molecule has 1 aromatic carbocycles. The fourth-order valence-corrected chi connectivity index (χ4v) is 1.99. The van der Waals surface area contributed by atoms with Crippen LogP contribution in [0, 0.1) is 12.7 Å². The molecule has 1 heterocycles. The summed E-state index contributed by atoms with van der Waals surface area (Å²) in [6.45, 7) is 5.72. The molecule has 2 rings (SSSR count). The van der Waals surface area contributed by atoms with Gasteiger partial charge in [0.05, 0.1) is 11.6 Å². The monoisotopic (exact) mass is 297 g/mol. The van der Waals surface area contributed by atoms with Gasteiger partial charge >= 0.3 is 0 Å². The number of halogens is 2. The molecular formula is C15H17ClFNO2. The summed E-state index contributed by atoms with van der Waals surface area (Å²) >= 11 is 5.70. The van der Waals surface area contributed by atoms with Gasteiger partial charge in [-0.2, -0.15) is 0 Å². The number of hydrogen-bond acceptors (Lipinski definition) is 3. The van der Waals surface area contributed by atoms with Crippen LogP contribution in [0.5, 0.6) is 5.75 Å². The summed E-state index contributed by atoms with van der Waals surface area (Å²) in [5.41, 5.74) is 1.05. The lowest BCUT2D eigenvalue weighted by atomic mass is 10.2. The highest BCUT2D eigenvalue weighted by atomic mass is 35.5. The van der Waals surface area contributed by atoms with Crippen LogP contribution in [-0.2, 0) is 13.2 Å². The molecule has 0 aliphatic heterocycles. The van der Waals surface area contributed by atoms with Gasteiger partial charge in [0, 0.05) is 0 Å². The van der Waals surface area contributed by atoms with E-state index in [1.54, 1.807) is 6.07 Å². The predicted molar refractivity (Wildman–Crippen MR) is 76.6 cm³/mol. The van der Waals surface area contributed by atoms with E-state index < -0.39 is 5.82 Å². The number of aryl methyl sites for hydroxylation is 1. The minimum Gasteiger partial charge on any atom is -0.483 e. The number of benzene rings is 1. The average molecular weight is 298 g/mol. The molecule has 1 aromatic heterocycles. The molecule has 1 N–H and O–H groups in total. The highest BCUT2D eigenvalue weighted by Crippen LogP contribution is 2.25. The van der Waals surface area contributed by atoms with Crippen molar-refractivity contribution in [1.82, 2.24) is 5.32 Å². The standard InChI is InChI=1S/C15H17ClFNO2/c1-3-18-8-14-10(2)7-11(20-14)9-19-13-6-4-5-12(16)15(13)17/h4-7,18H,3,8-9H2,1-2H3. The van der Waals surface area contributed by atoms with Crippen molar-refractivity contribution in [3.05, 3.63) is 52.2 Å². The first kappa shape index (κ1) is 14.9. The van der Waals surface area contributed by atoms with E-state index >= 15 is 0 Å². The van der Waals surface area contributed by atoms with Crippen LogP contribution in [0.4, 0.5) is 4.39 Å². The van der Waals surface area contributed by atoms with E-state index in [0.29, 0.717) is 12.3 Å². The zero-order valence-electron chi connectivity index (χ0n) is 11.5. The van der Waals surface area contributed by atoms with Crippen LogP contribution < -0.4 is 10.1 Å². The molecule has 0 amide bonds. The van der Waals surface area contributed by atoms with Crippen molar-refractivity contribution in [3.63, 3.8) is 0 Å². The van der Waals surface area contributed by atoms with Crippen molar-refractivity contribution in [1.29, 1.82) is 0 Å². The molecule has 0 aliphatic carbocycles. The van der Waals surface area contributed by atoms with E-state index in [-0.39, 0.29) is 17.4 Å². The van der Waals surface area contributed by atoms with E-state index in [1.807, 2.05) is 19.9 Å². The van der Waals surface area contributed by atoms with E-state index in [1.165, 1.54) is 12.1 Å². The second kappa shape index (κ2) is 6.77. The number of ether oxygens (including phenoxy) is 1. The highest BCUT2D eigenvalue weighted by Gasteiger charge is 2.11. The van der Waals surface area contributed by atoms with Crippen LogP contribution in [-0.4, -0.2) is 6.54 Å². The molecule has 2 aromatic rings. The number of furan rings is 1. The lowest BCUT2D eigenvalue weighted by Gasteiger charge is -2.06. The molecular weight excluding hydrogens is 281 g/mol. The second-order valence-corrected chi connectivity index (χ2v) is 4.85. The van der Waals surface area contributed by atoms with Gasteiger partial charge in [-0.1, -0.05) is 24.6 Å². The molecule has 0 atom stereocenters. The van der Waals surface area contributed by atoms with Crippen molar-refractivity contribution in [3.8, 4) is 5.75 Å². The van der Waals surface area contributed by atoms with Gasteiger partial charge < -0.3 is 14.5 Å². The van der Waals surface area contributed by atoms with Crippen LogP contribution in [0.1, 0.15) is 24.0 Å². The quantitative estimate of drug-likeness (QED) is 0.873. The van der Waals surface area contributed by atoms with E-state index in [9.17, 15) is 4.39 Å². The van der Waals surface area contributed by atoms with Gasteiger partial charge in [-0.15, -0.1) is 0 Å². The lowest BCUT2D eigenvalue weighted by Crippen LogP contribution is -2.11. The van der Waals surface area contributed by atoms with Crippen molar-refractivity contribution >= 4 is 11.6 Å². The molecule has 0 unspecified atom stereocenters. The minimum absolute atomic E-state index is 0.0472. The van der Waals surface area contributed by atoms with Crippen molar-refractivity contribution in [2.45, 2.75) is 27.0 Å². The number of nitrogens with one attached hydrogen (secondary N) is 1. The first-order chi connectivity index (χ1) is 9.61. The Morgan fingerprint density at radius 3 is 2.95 bits per heavy atom. The van der Waals surface area contributed by atoms with Crippen LogP contribution in [0.2, 0.25) is 5.02 Å². The maximum Gasteiger partial charge on any atom is 0.183 e. The Labute approximate surface area is 122 Å². The number of hydrogen-bond donors (Lipinski definition) is 1. The van der Waals surface area contributed by atoms with Gasteiger partial charge in [0.2, 0.25) is 0 Å². The summed E-state index contributed by atoms with van der Waals surface area (Å²) in [5.74, 6) is 1.11. The molecule has 0 saturated carbocycles. The Morgan fingerprint density at radius 2 is 2.20 bits per heavy atom. The fraction of sp³-hybridized carbons (Fsp3) is 0.333. The second-order valence-electron chi connectivity index (χ2n) is 4.44. The van der Waals surface area contributed by atoms with E-state index in [4.69, 9.17) is 20.8 Å². The van der Waals surface area contributed by atoms with Crippen LogP contribution >= 0.6 is 11.6 Å². The minimum atomic E-state index is -0.551. The lowest BCUT2D eigenvalue weighted by molar-refractivity contribution is 0.254. The van der Waals surface area contributed by atoms with Gasteiger partial charge in [-0.3, -0.25) is 0 Å². The van der Waals surface area contributed by atoms with Crippen molar-refractivity contribution in [2.24, 2.45) is 0 Å². The fourth-order valence-electron chi connectivity index (χ4n) is 1.82. The Balaban J connectivity index is 2.02. The van der Waals surface area contributed by atoms with Crippen molar-refractivity contribution in [2.75, 3.05) is 6.54 Å². The summed E-state index contributed by atoms with van der Waals surface area (Å²) in [7, 11) is 0. The first-order valence-electron chi connectivity index (χ1n) is 6.47. The summed E-state index contributed by atoms with van der Waals surface area (Å²) in [6, 6.07) is 6.56. The Bertz CT molecular complexity index is 583. The van der Waals surface area contributed by atoms with Gasteiger partial charge in [-0.25, -0.2) is 4.39 Å². The summed E-state index contributed by atoms with van der Waals surface area (Å²) < 4.78 is 24.7. The smallest absolute Gasteiger partial charge is 0.183 e. The van der Waals surface area contributed by atoms with Crippen LogP contribution in [0.3, 0.4) is 0 Å². The van der Waals surface area contributed by atoms with E-state index in [2.05, 4.69) is 5.32 Å². The maximum atomic E-state index is 13.7. The van der Waals surface area contributed by atoms with Crippen LogP contribution in [0.25, 0.3) is 0 Å². The van der Waals surface area contributed by atoms with E-state index in [0.717, 1.165) is 17.9 Å². The summed E-state index contributed by atoms with van der Waals surface area (Å²) in [4.78, 5) is 0. The molecule has 0 aliphatic rings. The number of rotatable bonds is 6. The molecule has 0 saturated heterocycles. The molecule has 20 heavy (non-hydrogen) atoms. The molecule has 5 heteroatoms. The third kappa shape index (κ3) is 3.52. The SMILES string of the molecule is CCNCc1oc(COc2cccc(Cl)c2F)cc1C. The third-order valence-electron chi connectivity index (χ3n) is 2.89. The van der Waals surface area contributed by atoms with Crippen LogP contribution in [0.15, 0.2) is 28.7 Å². The molecule has 0 radical (unpaired) electrons. The largest absolute Gasteiger partial charge is 0.483 e. The Hall–Kier alpha value is -1.52. The molecule has 3 nitrogen and oxygen atoms in total. The zero-order chi connectivity index (χ0) is 14.5. The normalized spacial score (nSPS) is 10.8. The predicted octanol–water partition coefficient (Wildman–Crippen LogP) is 4.07. The van der Waals surface area contributed by atoms with Gasteiger partial charge in [0.1, 0.15) is 18.1 Å². The van der Waals surface area contributed by atoms with Gasteiger partial charge in [0.15, 0.2) is 11.6 Å². The molecule has 0 spiro atoms. The maximum absolute atomic E-state index is 13.7. The highest BCUT2D eigenvalue weighted by molar-refractivity contribution is 6.30. The zero-order valence-corrected chi connectivity index (χ0v) is 12.3. The topological polar surface area (TPSA) is 34.4 Å². The molecule has 108 valence electrons. The van der Waals surface area contributed by atoms with Crippen molar-refractivity contribution < 1.29 is 13.5 Å². The molecule has 0 fully saturated rings. The summed E-state index contributed by atoms with van der Waals surface area (Å²) in [6.07, 6.45) is 0. The first-order valence-corrected chi connectivity index (χ1v) is 6.85. The van der Waals surface area contributed by atoms with Gasteiger partial charge in [-0.05, 0) is 37.2 Å². The Kier molecular flexibility index (Phi) is 5.04. The Morgan fingerprint density at radius 1 is 1.40 bits per heavy atom. The van der Waals surface area contributed by atoms with Gasteiger partial charge in [0.25, 0.3) is 0 Å². The summed E-state index contributed by atoms with van der Waals surface area (Å²) in [5, 5.41) is 3.24.